The molecule has 0 aliphatic rings. The van der Waals surface area contributed by atoms with Gasteiger partial charge in [0.25, 0.3) is 0 Å². The molecule has 1 rings (SSSR count). The van der Waals surface area contributed by atoms with Gasteiger partial charge < -0.3 is 15.5 Å². The molecular formula is C7H12N2O2S. The summed E-state index contributed by atoms with van der Waals surface area (Å²) in [6.45, 7) is 0.483. The highest BCUT2D eigenvalue weighted by molar-refractivity contribution is 7.07. The van der Waals surface area contributed by atoms with Crippen molar-refractivity contribution < 1.29 is 10.2 Å². The summed E-state index contributed by atoms with van der Waals surface area (Å²) < 4.78 is 0. The lowest BCUT2D eigenvalue weighted by Gasteiger charge is -2.11. The molecule has 12 heavy (non-hydrogen) atoms. The lowest BCUT2D eigenvalue weighted by atomic mass is 10.3. The normalized spacial score (nSPS) is 10.9. The van der Waals surface area contributed by atoms with Crippen LogP contribution in [0.2, 0.25) is 0 Å². The number of aliphatic hydroxyl groups is 2. The third kappa shape index (κ3) is 2.86. The first-order chi connectivity index (χ1) is 5.86. The van der Waals surface area contributed by atoms with Crippen molar-refractivity contribution in [3.8, 4) is 0 Å². The van der Waals surface area contributed by atoms with Crippen LogP contribution >= 0.6 is 11.3 Å². The molecule has 4 nitrogen and oxygen atoms in total. The fourth-order valence-corrected chi connectivity index (χ4v) is 1.32. The van der Waals surface area contributed by atoms with Crippen LogP contribution in [0.4, 0.5) is 0 Å². The minimum absolute atomic E-state index is 0.0549. The fourth-order valence-electron chi connectivity index (χ4n) is 0.761. The Kier molecular flexibility index (Phi) is 4.16. The van der Waals surface area contributed by atoms with E-state index in [0.29, 0.717) is 6.54 Å². The summed E-state index contributed by atoms with van der Waals surface area (Å²) in [5.41, 5.74) is 2.69. The van der Waals surface area contributed by atoms with Crippen molar-refractivity contribution in [2.75, 3.05) is 13.2 Å². The Morgan fingerprint density at radius 3 is 2.75 bits per heavy atom. The molecule has 1 aromatic heterocycles. The van der Waals surface area contributed by atoms with E-state index >= 15 is 0 Å². The van der Waals surface area contributed by atoms with Crippen molar-refractivity contribution in [2.24, 2.45) is 0 Å². The van der Waals surface area contributed by atoms with Crippen LogP contribution in [-0.4, -0.2) is 34.5 Å². The zero-order valence-electron chi connectivity index (χ0n) is 6.60. The number of hydrogen-bond donors (Lipinski definition) is 3. The number of aliphatic hydroxyl groups excluding tert-OH is 2. The van der Waals surface area contributed by atoms with Crippen molar-refractivity contribution in [3.05, 3.63) is 16.6 Å². The van der Waals surface area contributed by atoms with E-state index in [1.165, 1.54) is 11.3 Å². The first-order valence-corrected chi connectivity index (χ1v) is 4.63. The molecule has 0 aromatic carbocycles. The first-order valence-electron chi connectivity index (χ1n) is 3.69. The molecule has 1 heterocycles. The molecule has 0 bridgehead atoms. The maximum absolute atomic E-state index is 8.71. The second kappa shape index (κ2) is 5.21. The van der Waals surface area contributed by atoms with Gasteiger partial charge in [-0.25, -0.2) is 4.98 Å². The highest BCUT2D eigenvalue weighted by Crippen LogP contribution is 2.00. The van der Waals surface area contributed by atoms with E-state index in [9.17, 15) is 0 Å². The van der Waals surface area contributed by atoms with E-state index in [1.807, 2.05) is 5.38 Å². The summed E-state index contributed by atoms with van der Waals surface area (Å²) in [5.74, 6) is 0. The van der Waals surface area contributed by atoms with Gasteiger partial charge in [-0.2, -0.15) is 0 Å². The lowest BCUT2D eigenvalue weighted by Crippen LogP contribution is -2.35. The van der Waals surface area contributed by atoms with Gasteiger partial charge in [-0.05, 0) is 0 Å². The Morgan fingerprint density at radius 1 is 1.50 bits per heavy atom. The van der Waals surface area contributed by atoms with E-state index in [0.717, 1.165) is 5.69 Å². The predicted molar refractivity (Wildman–Crippen MR) is 46.9 cm³/mol. The standard InChI is InChI=1S/C7H12N2O2S/c10-2-7(3-11)8-1-6-4-12-5-9-6/h4-5,7-8,10-11H,1-3H2. The van der Waals surface area contributed by atoms with Crippen LogP contribution in [0.15, 0.2) is 10.9 Å². The Hall–Kier alpha value is -0.490. The quantitative estimate of drug-likeness (QED) is 0.587. The largest absolute Gasteiger partial charge is 0.395 e. The summed E-state index contributed by atoms with van der Waals surface area (Å²) in [6, 6.07) is -0.244. The molecule has 1 aromatic rings. The molecule has 0 aliphatic heterocycles. The summed E-state index contributed by atoms with van der Waals surface area (Å²) in [4.78, 5) is 4.05. The average molecular weight is 188 g/mol. The van der Waals surface area contributed by atoms with Crippen LogP contribution < -0.4 is 5.32 Å². The number of nitrogens with zero attached hydrogens (tertiary/aromatic N) is 1. The third-order valence-electron chi connectivity index (χ3n) is 1.50. The number of nitrogens with one attached hydrogen (secondary N) is 1. The van der Waals surface area contributed by atoms with Gasteiger partial charge in [0.2, 0.25) is 0 Å². The maximum Gasteiger partial charge on any atom is 0.0795 e. The van der Waals surface area contributed by atoms with Crippen LogP contribution in [0.3, 0.4) is 0 Å². The summed E-state index contributed by atoms with van der Waals surface area (Å²) in [5, 5.41) is 22.3. The molecular weight excluding hydrogens is 176 g/mol. The number of rotatable bonds is 5. The third-order valence-corrected chi connectivity index (χ3v) is 2.13. The van der Waals surface area contributed by atoms with Crippen LogP contribution in [0, 0.1) is 0 Å². The minimum Gasteiger partial charge on any atom is -0.395 e. The van der Waals surface area contributed by atoms with Crippen LogP contribution in [0.5, 0.6) is 0 Å². The second-order valence-corrected chi connectivity index (χ2v) is 3.14. The molecule has 68 valence electrons. The topological polar surface area (TPSA) is 65.4 Å². The van der Waals surface area contributed by atoms with Gasteiger partial charge in [-0.3, -0.25) is 0 Å². The molecule has 5 heteroatoms. The van der Waals surface area contributed by atoms with E-state index in [-0.39, 0.29) is 19.3 Å². The Morgan fingerprint density at radius 2 is 2.25 bits per heavy atom. The molecule has 0 saturated carbocycles. The first kappa shape index (κ1) is 9.60. The number of aromatic nitrogens is 1. The molecule has 0 amide bonds. The zero-order valence-corrected chi connectivity index (χ0v) is 7.42. The van der Waals surface area contributed by atoms with E-state index in [1.54, 1.807) is 5.51 Å². The van der Waals surface area contributed by atoms with Crippen molar-refractivity contribution in [3.63, 3.8) is 0 Å². The van der Waals surface area contributed by atoms with E-state index in [4.69, 9.17) is 10.2 Å². The lowest BCUT2D eigenvalue weighted by molar-refractivity contribution is 0.170. The van der Waals surface area contributed by atoms with Gasteiger partial charge in [0.05, 0.1) is 30.5 Å². The van der Waals surface area contributed by atoms with Gasteiger partial charge in [0.15, 0.2) is 0 Å². The van der Waals surface area contributed by atoms with Gasteiger partial charge in [-0.15, -0.1) is 11.3 Å². The summed E-state index contributed by atoms with van der Waals surface area (Å²) in [7, 11) is 0. The summed E-state index contributed by atoms with van der Waals surface area (Å²) in [6.07, 6.45) is 0. The molecule has 0 saturated heterocycles. The van der Waals surface area contributed by atoms with Crippen molar-refractivity contribution in [1.82, 2.24) is 10.3 Å². The Bertz CT molecular complexity index is 199. The van der Waals surface area contributed by atoms with Gasteiger partial charge in [0, 0.05) is 11.9 Å². The van der Waals surface area contributed by atoms with E-state index < -0.39 is 0 Å². The van der Waals surface area contributed by atoms with Crippen molar-refractivity contribution >= 4 is 11.3 Å². The molecule has 0 spiro atoms. The molecule has 0 unspecified atom stereocenters. The second-order valence-electron chi connectivity index (χ2n) is 2.42. The minimum atomic E-state index is -0.244. The smallest absolute Gasteiger partial charge is 0.0795 e. The Balaban J connectivity index is 2.25. The van der Waals surface area contributed by atoms with Gasteiger partial charge in [-0.1, -0.05) is 0 Å². The van der Waals surface area contributed by atoms with Crippen molar-refractivity contribution in [2.45, 2.75) is 12.6 Å². The molecule has 0 atom stereocenters. The van der Waals surface area contributed by atoms with Crippen molar-refractivity contribution in [1.29, 1.82) is 0 Å². The number of hydrogen-bond acceptors (Lipinski definition) is 5. The zero-order chi connectivity index (χ0) is 8.81. The molecule has 0 radical (unpaired) electrons. The van der Waals surface area contributed by atoms with E-state index in [2.05, 4.69) is 10.3 Å². The number of thiazole rings is 1. The molecule has 3 N–H and O–H groups in total. The van der Waals surface area contributed by atoms with Gasteiger partial charge in [0.1, 0.15) is 0 Å². The average Bonchev–Trinajstić information content (AvgIpc) is 2.59. The van der Waals surface area contributed by atoms with Crippen LogP contribution in [-0.2, 0) is 6.54 Å². The highest BCUT2D eigenvalue weighted by atomic mass is 32.1. The monoisotopic (exact) mass is 188 g/mol. The SMILES string of the molecule is OCC(CO)NCc1cscn1. The highest BCUT2D eigenvalue weighted by Gasteiger charge is 2.04. The van der Waals surface area contributed by atoms with Crippen LogP contribution in [0.25, 0.3) is 0 Å². The molecule has 0 fully saturated rings. The fraction of sp³-hybridized carbons (Fsp3) is 0.571. The van der Waals surface area contributed by atoms with Gasteiger partial charge >= 0.3 is 0 Å². The maximum atomic E-state index is 8.71. The molecule has 0 aliphatic carbocycles. The Labute approximate surface area is 74.9 Å². The summed E-state index contributed by atoms with van der Waals surface area (Å²) >= 11 is 1.53. The predicted octanol–water partition coefficient (Wildman–Crippen LogP) is -0.414. The van der Waals surface area contributed by atoms with Crippen LogP contribution in [0.1, 0.15) is 5.69 Å².